The van der Waals surface area contributed by atoms with Crippen molar-refractivity contribution in [1.82, 2.24) is 5.48 Å². The van der Waals surface area contributed by atoms with Crippen LogP contribution in [0.2, 0.25) is 0 Å². The number of aliphatic hydroxyl groups is 1. The second-order valence-electron chi connectivity index (χ2n) is 2.07. The first-order valence-corrected chi connectivity index (χ1v) is 3.31. The molecule has 0 spiro atoms. The molecule has 2 N–H and O–H groups in total. The van der Waals surface area contributed by atoms with E-state index < -0.39 is 0 Å². The van der Waals surface area contributed by atoms with Crippen molar-refractivity contribution in [2.24, 2.45) is 0 Å². The number of hydrogen-bond acceptors (Lipinski definition) is 3. The highest BCUT2D eigenvalue weighted by Crippen LogP contribution is 2.04. The van der Waals surface area contributed by atoms with Crippen LogP contribution in [0.5, 0.6) is 0 Å². The Bertz CT molecular complexity index is 152. The minimum atomic E-state index is 0.225. The zero-order valence-electron chi connectivity index (χ0n) is 5.71. The molecule has 0 atom stereocenters. The molecule has 1 aliphatic rings. The van der Waals surface area contributed by atoms with Crippen molar-refractivity contribution < 1.29 is 9.94 Å². The molecule has 0 saturated carbocycles. The summed E-state index contributed by atoms with van der Waals surface area (Å²) in [5.74, 6) is 0. The van der Waals surface area contributed by atoms with Gasteiger partial charge in [0.2, 0.25) is 0 Å². The van der Waals surface area contributed by atoms with Crippen LogP contribution in [-0.2, 0) is 4.84 Å². The van der Waals surface area contributed by atoms with Crippen LogP contribution < -0.4 is 5.48 Å². The summed E-state index contributed by atoms with van der Waals surface area (Å²) in [5, 5.41) is 8.48. The van der Waals surface area contributed by atoms with Gasteiger partial charge in [0.1, 0.15) is 6.26 Å². The number of hydroxylamine groups is 1. The van der Waals surface area contributed by atoms with E-state index in [9.17, 15) is 0 Å². The van der Waals surface area contributed by atoms with Gasteiger partial charge in [-0.2, -0.15) is 0 Å². The second kappa shape index (κ2) is 3.95. The standard InChI is InChI=1S/C7H11NO2/c9-5-1-3-7-4-2-6-10-8-7/h2,4,6,8-9H,1,3,5H2. The van der Waals surface area contributed by atoms with E-state index in [1.807, 2.05) is 12.2 Å². The van der Waals surface area contributed by atoms with E-state index in [0.717, 1.165) is 18.5 Å². The van der Waals surface area contributed by atoms with Crippen LogP contribution in [0.25, 0.3) is 0 Å². The van der Waals surface area contributed by atoms with Gasteiger partial charge in [-0.3, -0.25) is 0 Å². The average Bonchev–Trinajstić information content (AvgIpc) is 2.03. The lowest BCUT2D eigenvalue weighted by Crippen LogP contribution is -2.13. The lowest BCUT2D eigenvalue weighted by molar-refractivity contribution is 0.154. The quantitative estimate of drug-likeness (QED) is 0.607. The molecule has 10 heavy (non-hydrogen) atoms. The predicted molar refractivity (Wildman–Crippen MR) is 37.8 cm³/mol. The van der Waals surface area contributed by atoms with Crippen molar-refractivity contribution in [2.75, 3.05) is 6.61 Å². The van der Waals surface area contributed by atoms with Crippen LogP contribution in [0.3, 0.4) is 0 Å². The summed E-state index contributed by atoms with van der Waals surface area (Å²) >= 11 is 0. The molecule has 1 heterocycles. The summed E-state index contributed by atoms with van der Waals surface area (Å²) in [6.07, 6.45) is 6.93. The van der Waals surface area contributed by atoms with Crippen LogP contribution >= 0.6 is 0 Å². The molecule has 0 aromatic heterocycles. The first kappa shape index (κ1) is 7.15. The van der Waals surface area contributed by atoms with Gasteiger partial charge in [0, 0.05) is 12.3 Å². The minimum absolute atomic E-state index is 0.225. The molecule has 0 aromatic rings. The SMILES string of the molecule is OCCCC1=CC=CON1. The van der Waals surface area contributed by atoms with E-state index in [1.165, 1.54) is 0 Å². The first-order chi connectivity index (χ1) is 4.93. The molecule has 0 bridgehead atoms. The number of hydrogen-bond donors (Lipinski definition) is 2. The number of rotatable bonds is 3. The van der Waals surface area contributed by atoms with E-state index in [1.54, 1.807) is 6.26 Å². The van der Waals surface area contributed by atoms with Crippen LogP contribution in [0.15, 0.2) is 24.1 Å². The lowest BCUT2D eigenvalue weighted by Gasteiger charge is -2.10. The largest absolute Gasteiger partial charge is 0.396 e. The zero-order valence-corrected chi connectivity index (χ0v) is 5.71. The predicted octanol–water partition coefficient (Wildman–Crippen LogP) is 0.691. The second-order valence-corrected chi connectivity index (χ2v) is 2.07. The highest BCUT2D eigenvalue weighted by atomic mass is 16.6. The minimum Gasteiger partial charge on any atom is -0.396 e. The van der Waals surface area contributed by atoms with Gasteiger partial charge in [-0.05, 0) is 25.0 Å². The van der Waals surface area contributed by atoms with Crippen molar-refractivity contribution in [2.45, 2.75) is 12.8 Å². The fourth-order valence-corrected chi connectivity index (χ4v) is 0.742. The Hall–Kier alpha value is -0.960. The van der Waals surface area contributed by atoms with Crippen LogP contribution in [0.1, 0.15) is 12.8 Å². The summed E-state index contributed by atoms with van der Waals surface area (Å²) in [6.45, 7) is 0.225. The maximum Gasteiger partial charge on any atom is 0.119 e. The van der Waals surface area contributed by atoms with Gasteiger partial charge < -0.3 is 9.94 Å². The first-order valence-electron chi connectivity index (χ1n) is 3.31. The van der Waals surface area contributed by atoms with Crippen molar-refractivity contribution in [3.8, 4) is 0 Å². The van der Waals surface area contributed by atoms with Crippen LogP contribution in [0.4, 0.5) is 0 Å². The zero-order chi connectivity index (χ0) is 7.23. The molecule has 56 valence electrons. The van der Waals surface area contributed by atoms with Gasteiger partial charge in [-0.25, -0.2) is 5.48 Å². The normalized spacial score (nSPS) is 15.5. The Morgan fingerprint density at radius 3 is 3.10 bits per heavy atom. The number of allylic oxidation sites excluding steroid dienone is 3. The molecular weight excluding hydrogens is 130 g/mol. The molecule has 0 fully saturated rings. The summed E-state index contributed by atoms with van der Waals surface area (Å²) in [6, 6.07) is 0. The highest BCUT2D eigenvalue weighted by molar-refractivity contribution is 5.10. The summed E-state index contributed by atoms with van der Waals surface area (Å²) in [5.41, 5.74) is 3.73. The van der Waals surface area contributed by atoms with Crippen molar-refractivity contribution in [1.29, 1.82) is 0 Å². The van der Waals surface area contributed by atoms with Gasteiger partial charge in [0.05, 0.1) is 0 Å². The van der Waals surface area contributed by atoms with Crippen LogP contribution in [0, 0.1) is 0 Å². The van der Waals surface area contributed by atoms with E-state index in [0.29, 0.717) is 0 Å². The highest BCUT2D eigenvalue weighted by Gasteiger charge is 1.96. The van der Waals surface area contributed by atoms with Crippen molar-refractivity contribution in [3.05, 3.63) is 24.1 Å². The Balaban J connectivity index is 2.25. The molecule has 1 rings (SSSR count). The maximum atomic E-state index is 8.48. The smallest absolute Gasteiger partial charge is 0.119 e. The van der Waals surface area contributed by atoms with Crippen LogP contribution in [-0.4, -0.2) is 11.7 Å². The molecule has 0 amide bonds. The van der Waals surface area contributed by atoms with Gasteiger partial charge in [-0.1, -0.05) is 0 Å². The number of nitrogens with one attached hydrogen (secondary N) is 1. The molecule has 0 aromatic carbocycles. The molecule has 3 heteroatoms. The van der Waals surface area contributed by atoms with Crippen molar-refractivity contribution in [3.63, 3.8) is 0 Å². The topological polar surface area (TPSA) is 41.5 Å². The lowest BCUT2D eigenvalue weighted by atomic mass is 10.2. The fraction of sp³-hybridized carbons (Fsp3) is 0.429. The molecule has 0 saturated heterocycles. The van der Waals surface area contributed by atoms with Gasteiger partial charge in [0.15, 0.2) is 0 Å². The Morgan fingerprint density at radius 1 is 1.60 bits per heavy atom. The number of aliphatic hydroxyl groups excluding tert-OH is 1. The molecular formula is C7H11NO2. The van der Waals surface area contributed by atoms with Crippen molar-refractivity contribution >= 4 is 0 Å². The monoisotopic (exact) mass is 141 g/mol. The maximum absolute atomic E-state index is 8.48. The van der Waals surface area contributed by atoms with E-state index >= 15 is 0 Å². The summed E-state index contributed by atoms with van der Waals surface area (Å²) < 4.78 is 0. The summed E-state index contributed by atoms with van der Waals surface area (Å²) in [7, 11) is 0. The molecule has 1 aliphatic heterocycles. The molecule has 0 unspecified atom stereocenters. The van der Waals surface area contributed by atoms with E-state index in [4.69, 9.17) is 9.94 Å². The Kier molecular flexibility index (Phi) is 2.83. The van der Waals surface area contributed by atoms with Gasteiger partial charge in [-0.15, -0.1) is 0 Å². The third kappa shape index (κ3) is 2.11. The molecule has 3 nitrogen and oxygen atoms in total. The summed E-state index contributed by atoms with van der Waals surface area (Å²) in [4.78, 5) is 4.80. The van der Waals surface area contributed by atoms with Gasteiger partial charge in [0.25, 0.3) is 0 Å². The van der Waals surface area contributed by atoms with Gasteiger partial charge >= 0.3 is 0 Å². The third-order valence-electron chi connectivity index (χ3n) is 1.24. The van der Waals surface area contributed by atoms with E-state index in [2.05, 4.69) is 5.48 Å². The Labute approximate surface area is 60.0 Å². The Morgan fingerprint density at radius 2 is 2.50 bits per heavy atom. The average molecular weight is 141 g/mol. The fourth-order valence-electron chi connectivity index (χ4n) is 0.742. The van der Waals surface area contributed by atoms with E-state index in [-0.39, 0.29) is 6.61 Å². The molecule has 0 radical (unpaired) electrons. The third-order valence-corrected chi connectivity index (χ3v) is 1.24. The molecule has 0 aliphatic carbocycles.